The lowest BCUT2D eigenvalue weighted by atomic mass is 10.1. The van der Waals surface area contributed by atoms with E-state index in [1.807, 2.05) is 7.05 Å². The molecule has 0 spiro atoms. The second-order valence-electron chi connectivity index (χ2n) is 5.26. The Kier molecular flexibility index (Phi) is 6.73. The van der Waals surface area contributed by atoms with Gasteiger partial charge in [0.2, 0.25) is 0 Å². The van der Waals surface area contributed by atoms with Crippen LogP contribution in [0.15, 0.2) is 16.6 Å². The summed E-state index contributed by atoms with van der Waals surface area (Å²) in [5.74, 6) is 2.28. The van der Waals surface area contributed by atoms with E-state index in [1.165, 1.54) is 17.7 Å². The first-order valence-corrected chi connectivity index (χ1v) is 8.71. The summed E-state index contributed by atoms with van der Waals surface area (Å²) in [6.45, 7) is 7.14. The van der Waals surface area contributed by atoms with Gasteiger partial charge in [0.15, 0.2) is 5.96 Å². The minimum absolute atomic E-state index is 0.750. The van der Waals surface area contributed by atoms with Crippen molar-refractivity contribution in [2.24, 2.45) is 4.99 Å². The summed E-state index contributed by atoms with van der Waals surface area (Å²) in [5.41, 5.74) is 1.51. The van der Waals surface area contributed by atoms with Crippen LogP contribution in [0.5, 0.6) is 0 Å². The van der Waals surface area contributed by atoms with Gasteiger partial charge in [-0.05, 0) is 19.3 Å². The van der Waals surface area contributed by atoms with E-state index in [0.717, 1.165) is 56.9 Å². The van der Waals surface area contributed by atoms with Gasteiger partial charge < -0.3 is 15.0 Å². The molecule has 1 saturated heterocycles. The van der Waals surface area contributed by atoms with Crippen LogP contribution in [0, 0.1) is 0 Å². The summed E-state index contributed by atoms with van der Waals surface area (Å²) in [6, 6.07) is 0. The molecule has 0 bridgehead atoms. The maximum atomic E-state index is 5.34. The number of hydrogen-bond acceptors (Lipinski definition) is 3. The zero-order chi connectivity index (χ0) is 14.2. The van der Waals surface area contributed by atoms with Gasteiger partial charge >= 0.3 is 0 Å². The molecule has 5 heteroatoms. The van der Waals surface area contributed by atoms with E-state index in [9.17, 15) is 0 Å². The van der Waals surface area contributed by atoms with E-state index in [4.69, 9.17) is 4.74 Å². The van der Waals surface area contributed by atoms with Crippen LogP contribution in [0.3, 0.4) is 0 Å². The predicted octanol–water partition coefficient (Wildman–Crippen LogP) is 2.13. The van der Waals surface area contributed by atoms with Crippen molar-refractivity contribution in [3.63, 3.8) is 0 Å². The van der Waals surface area contributed by atoms with Crippen LogP contribution in [-0.4, -0.2) is 61.8 Å². The molecule has 114 valence electrons. The molecule has 2 heterocycles. The molecule has 0 amide bonds. The van der Waals surface area contributed by atoms with Crippen LogP contribution in [-0.2, 0) is 4.74 Å². The Hall–Kier alpha value is -0.680. The molecule has 1 fully saturated rings. The van der Waals surface area contributed by atoms with Gasteiger partial charge in [0.1, 0.15) is 0 Å². The molecule has 0 aromatic heterocycles. The molecule has 0 radical (unpaired) electrons. The highest BCUT2D eigenvalue weighted by Gasteiger charge is 2.21. The molecular weight excluding hydrogens is 270 g/mol. The number of hydrogen-bond donors (Lipinski definition) is 1. The maximum Gasteiger partial charge on any atom is 0.193 e. The predicted molar refractivity (Wildman–Crippen MR) is 87.6 cm³/mol. The average Bonchev–Trinajstić information content (AvgIpc) is 2.52. The van der Waals surface area contributed by atoms with Crippen LogP contribution in [0.2, 0.25) is 0 Å². The smallest absolute Gasteiger partial charge is 0.193 e. The molecule has 0 saturated carbocycles. The van der Waals surface area contributed by atoms with Gasteiger partial charge in [-0.25, -0.2) is 0 Å². The molecule has 1 N–H and O–H groups in total. The molecule has 2 rings (SSSR count). The molecular formula is C15H27N3OS. The monoisotopic (exact) mass is 297 g/mol. The van der Waals surface area contributed by atoms with E-state index < -0.39 is 0 Å². The Labute approximate surface area is 127 Å². The van der Waals surface area contributed by atoms with Crippen molar-refractivity contribution in [2.45, 2.75) is 31.4 Å². The summed E-state index contributed by atoms with van der Waals surface area (Å²) in [6.07, 6.45) is 5.64. The maximum absolute atomic E-state index is 5.34. The molecule has 0 aromatic rings. The van der Waals surface area contributed by atoms with Crippen LogP contribution in [0.1, 0.15) is 26.2 Å². The van der Waals surface area contributed by atoms with Crippen molar-refractivity contribution in [3.8, 4) is 0 Å². The highest BCUT2D eigenvalue weighted by molar-refractivity contribution is 8.00. The van der Waals surface area contributed by atoms with E-state index in [-0.39, 0.29) is 0 Å². The van der Waals surface area contributed by atoms with Crippen LogP contribution < -0.4 is 5.32 Å². The number of nitrogens with one attached hydrogen (secondary N) is 1. The Bertz CT molecular complexity index is 357. The fourth-order valence-corrected chi connectivity index (χ4v) is 3.80. The number of aliphatic imine (C=N–C) groups is 1. The number of guanidine groups is 1. The molecule has 1 unspecified atom stereocenters. The third-order valence-electron chi connectivity index (χ3n) is 3.89. The molecule has 20 heavy (non-hydrogen) atoms. The lowest BCUT2D eigenvalue weighted by molar-refractivity contribution is 0.153. The normalized spacial score (nSPS) is 24.5. The van der Waals surface area contributed by atoms with Gasteiger partial charge in [0, 0.05) is 37.7 Å². The van der Waals surface area contributed by atoms with E-state index >= 15 is 0 Å². The molecule has 1 atom stereocenters. The summed E-state index contributed by atoms with van der Waals surface area (Å²) < 4.78 is 5.34. The fraction of sp³-hybridized carbons (Fsp3) is 0.800. The molecule has 0 aliphatic carbocycles. The largest absolute Gasteiger partial charge is 0.377 e. The molecule has 4 nitrogen and oxygen atoms in total. The highest BCUT2D eigenvalue weighted by atomic mass is 32.2. The number of nitrogens with zero attached hydrogens (tertiary/aromatic N) is 2. The third kappa shape index (κ3) is 4.70. The minimum atomic E-state index is 0.750. The van der Waals surface area contributed by atoms with Crippen molar-refractivity contribution < 1.29 is 4.74 Å². The molecule has 2 aliphatic rings. The van der Waals surface area contributed by atoms with Crippen molar-refractivity contribution in [3.05, 3.63) is 11.6 Å². The average molecular weight is 297 g/mol. The summed E-state index contributed by atoms with van der Waals surface area (Å²) >= 11 is 2.09. The van der Waals surface area contributed by atoms with E-state index in [2.05, 4.69) is 40.0 Å². The Morgan fingerprint density at radius 3 is 3.20 bits per heavy atom. The first-order valence-electron chi connectivity index (χ1n) is 7.66. The Morgan fingerprint density at radius 1 is 1.60 bits per heavy atom. The van der Waals surface area contributed by atoms with Gasteiger partial charge in [-0.15, -0.1) is 0 Å². The summed E-state index contributed by atoms with van der Waals surface area (Å²) in [7, 11) is 1.89. The topological polar surface area (TPSA) is 36.9 Å². The van der Waals surface area contributed by atoms with E-state index in [1.54, 1.807) is 0 Å². The number of rotatable bonds is 4. The third-order valence-corrected chi connectivity index (χ3v) is 5.26. The second kappa shape index (κ2) is 8.57. The SMILES string of the molecule is CCC1CN(C(=NC)NCCC2=CCOCC2)CCS1. The van der Waals surface area contributed by atoms with Crippen molar-refractivity contribution in [2.75, 3.05) is 45.6 Å². The second-order valence-corrected chi connectivity index (χ2v) is 6.67. The Balaban J connectivity index is 1.75. The lowest BCUT2D eigenvalue weighted by Crippen LogP contribution is -2.48. The summed E-state index contributed by atoms with van der Waals surface area (Å²) in [5, 5.41) is 4.27. The zero-order valence-electron chi connectivity index (χ0n) is 12.7. The van der Waals surface area contributed by atoms with Gasteiger partial charge in [-0.1, -0.05) is 18.6 Å². The van der Waals surface area contributed by atoms with Crippen LogP contribution in [0.4, 0.5) is 0 Å². The standard InChI is InChI=1S/C15H27N3OS/c1-3-14-12-18(8-11-20-14)15(16-2)17-7-4-13-5-9-19-10-6-13/h5,14H,3-4,6-12H2,1-2H3,(H,16,17). The first kappa shape index (κ1) is 15.7. The molecule has 0 aromatic carbocycles. The fourth-order valence-electron chi connectivity index (χ4n) is 2.62. The molecule has 2 aliphatic heterocycles. The van der Waals surface area contributed by atoms with Gasteiger partial charge in [0.05, 0.1) is 13.2 Å². The first-order chi connectivity index (χ1) is 9.83. The van der Waals surface area contributed by atoms with Gasteiger partial charge in [-0.2, -0.15) is 11.8 Å². The summed E-state index contributed by atoms with van der Waals surface area (Å²) in [4.78, 5) is 6.85. The quantitative estimate of drug-likeness (QED) is 0.490. The van der Waals surface area contributed by atoms with Crippen LogP contribution >= 0.6 is 11.8 Å². The Morgan fingerprint density at radius 2 is 2.50 bits per heavy atom. The van der Waals surface area contributed by atoms with E-state index in [0.29, 0.717) is 0 Å². The number of thioether (sulfide) groups is 1. The van der Waals surface area contributed by atoms with Crippen molar-refractivity contribution in [1.29, 1.82) is 0 Å². The van der Waals surface area contributed by atoms with Gasteiger partial charge in [0.25, 0.3) is 0 Å². The number of ether oxygens (including phenoxy) is 1. The van der Waals surface area contributed by atoms with Crippen molar-refractivity contribution >= 4 is 17.7 Å². The highest BCUT2D eigenvalue weighted by Crippen LogP contribution is 2.21. The van der Waals surface area contributed by atoms with Crippen LogP contribution in [0.25, 0.3) is 0 Å². The lowest BCUT2D eigenvalue weighted by Gasteiger charge is -2.34. The van der Waals surface area contributed by atoms with Gasteiger partial charge in [-0.3, -0.25) is 4.99 Å². The zero-order valence-corrected chi connectivity index (χ0v) is 13.5. The minimum Gasteiger partial charge on any atom is -0.377 e. The van der Waals surface area contributed by atoms with Crippen molar-refractivity contribution in [1.82, 2.24) is 10.2 Å².